The zero-order chi connectivity index (χ0) is 20.4. The van der Waals surface area contributed by atoms with E-state index in [2.05, 4.69) is 58.7 Å². The van der Waals surface area contributed by atoms with Crippen LogP contribution in [0.3, 0.4) is 0 Å². The van der Waals surface area contributed by atoms with Crippen molar-refractivity contribution in [2.24, 2.45) is 0 Å². The minimum absolute atomic E-state index is 0.134. The van der Waals surface area contributed by atoms with Gasteiger partial charge in [0.2, 0.25) is 0 Å². The van der Waals surface area contributed by atoms with E-state index in [9.17, 15) is 0 Å². The van der Waals surface area contributed by atoms with E-state index in [0.29, 0.717) is 6.54 Å². The second-order valence-electron chi connectivity index (χ2n) is 8.03. The van der Waals surface area contributed by atoms with Gasteiger partial charge in [-0.25, -0.2) is 9.97 Å². The maximum atomic E-state index is 6.03. The van der Waals surface area contributed by atoms with Crippen molar-refractivity contribution in [2.75, 3.05) is 46.2 Å². The van der Waals surface area contributed by atoms with Crippen LogP contribution in [-0.2, 0) is 11.3 Å². The standard InChI is InChI=1S/C22H29N5OS/c1-15(18-12-27(4)10-11-28-18)23-21-20-17(16-8-6-5-7-9-16)14-29-22(20)25-19(24-21)13-26(2)3/h5-9,14-15,18H,10-13H2,1-4H3,(H,23,24,25). The van der Waals surface area contributed by atoms with Crippen LogP contribution in [0.2, 0.25) is 0 Å². The van der Waals surface area contributed by atoms with Gasteiger partial charge in [-0.05, 0) is 33.6 Å². The van der Waals surface area contributed by atoms with Gasteiger partial charge in [-0.15, -0.1) is 11.3 Å². The Balaban J connectivity index is 1.73. The van der Waals surface area contributed by atoms with Crippen LogP contribution in [0.4, 0.5) is 5.82 Å². The maximum absolute atomic E-state index is 6.03. The van der Waals surface area contributed by atoms with Crippen molar-refractivity contribution >= 4 is 27.4 Å². The Labute approximate surface area is 176 Å². The monoisotopic (exact) mass is 411 g/mol. The number of fused-ring (bicyclic) bond motifs is 1. The highest BCUT2D eigenvalue weighted by Gasteiger charge is 2.25. The lowest BCUT2D eigenvalue weighted by atomic mass is 10.1. The van der Waals surface area contributed by atoms with E-state index in [1.807, 2.05) is 20.2 Å². The quantitative estimate of drug-likeness (QED) is 0.669. The van der Waals surface area contributed by atoms with Gasteiger partial charge in [0.1, 0.15) is 16.5 Å². The molecule has 0 spiro atoms. The van der Waals surface area contributed by atoms with Gasteiger partial charge < -0.3 is 19.9 Å². The molecule has 2 unspecified atom stereocenters. The first-order chi connectivity index (χ1) is 14.0. The Kier molecular flexibility index (Phi) is 6.10. The highest BCUT2D eigenvalue weighted by atomic mass is 32.1. The predicted molar refractivity (Wildman–Crippen MR) is 121 cm³/mol. The van der Waals surface area contributed by atoms with E-state index in [-0.39, 0.29) is 12.1 Å². The lowest BCUT2D eigenvalue weighted by Gasteiger charge is -2.34. The van der Waals surface area contributed by atoms with E-state index in [0.717, 1.165) is 41.6 Å². The van der Waals surface area contributed by atoms with Gasteiger partial charge in [0.05, 0.1) is 30.7 Å². The van der Waals surface area contributed by atoms with Gasteiger partial charge in [-0.3, -0.25) is 0 Å². The number of nitrogens with one attached hydrogen (secondary N) is 1. The Morgan fingerprint density at radius 1 is 1.28 bits per heavy atom. The normalized spacial score (nSPS) is 19.0. The number of benzene rings is 1. The summed E-state index contributed by atoms with van der Waals surface area (Å²) in [5.74, 6) is 1.73. The van der Waals surface area contributed by atoms with Gasteiger partial charge in [0.15, 0.2) is 0 Å². The summed E-state index contributed by atoms with van der Waals surface area (Å²) in [6, 6.07) is 10.6. The fraction of sp³-hybridized carbons (Fsp3) is 0.455. The Morgan fingerprint density at radius 2 is 2.07 bits per heavy atom. The molecule has 154 valence electrons. The fourth-order valence-electron chi connectivity index (χ4n) is 3.70. The second-order valence-corrected chi connectivity index (χ2v) is 8.88. The fourth-order valence-corrected chi connectivity index (χ4v) is 4.66. The number of nitrogens with zero attached hydrogens (tertiary/aromatic N) is 4. The molecule has 2 aromatic heterocycles. The van der Waals surface area contributed by atoms with Crippen molar-refractivity contribution in [1.82, 2.24) is 19.8 Å². The molecule has 3 aromatic rings. The Bertz CT molecular complexity index is 958. The molecule has 0 saturated carbocycles. The van der Waals surface area contributed by atoms with Crippen LogP contribution in [0.5, 0.6) is 0 Å². The largest absolute Gasteiger partial charge is 0.373 e. The molecule has 1 aliphatic heterocycles. The molecule has 7 heteroatoms. The predicted octanol–water partition coefficient (Wildman–Crippen LogP) is 3.55. The molecule has 0 bridgehead atoms. The molecule has 1 saturated heterocycles. The van der Waals surface area contributed by atoms with Crippen molar-refractivity contribution in [1.29, 1.82) is 0 Å². The number of ether oxygens (including phenoxy) is 1. The van der Waals surface area contributed by atoms with Crippen LogP contribution < -0.4 is 5.32 Å². The van der Waals surface area contributed by atoms with E-state index in [4.69, 9.17) is 14.7 Å². The zero-order valence-electron chi connectivity index (χ0n) is 17.6. The lowest BCUT2D eigenvalue weighted by molar-refractivity contribution is -0.0259. The van der Waals surface area contributed by atoms with Crippen LogP contribution >= 0.6 is 11.3 Å². The van der Waals surface area contributed by atoms with Crippen molar-refractivity contribution in [3.05, 3.63) is 41.5 Å². The first-order valence-electron chi connectivity index (χ1n) is 10.1. The molecule has 2 atom stereocenters. The van der Waals surface area contributed by atoms with E-state index >= 15 is 0 Å². The summed E-state index contributed by atoms with van der Waals surface area (Å²) in [6.45, 7) is 5.56. The number of thiophene rings is 1. The highest BCUT2D eigenvalue weighted by Crippen LogP contribution is 2.37. The van der Waals surface area contributed by atoms with Gasteiger partial charge in [0.25, 0.3) is 0 Å². The zero-order valence-corrected chi connectivity index (χ0v) is 18.4. The van der Waals surface area contributed by atoms with Crippen molar-refractivity contribution in [3.63, 3.8) is 0 Å². The van der Waals surface area contributed by atoms with Crippen molar-refractivity contribution < 1.29 is 4.74 Å². The number of likely N-dealkylation sites (N-methyl/N-ethyl adjacent to an activating group) is 1. The van der Waals surface area contributed by atoms with Crippen molar-refractivity contribution in [2.45, 2.75) is 25.6 Å². The highest BCUT2D eigenvalue weighted by molar-refractivity contribution is 7.17. The van der Waals surface area contributed by atoms with Gasteiger partial charge in [0, 0.05) is 24.0 Å². The van der Waals surface area contributed by atoms with Crippen LogP contribution in [0.1, 0.15) is 12.7 Å². The number of morpholine rings is 1. The average molecular weight is 412 g/mol. The summed E-state index contributed by atoms with van der Waals surface area (Å²) in [6.07, 6.45) is 0.134. The first-order valence-corrected chi connectivity index (χ1v) is 10.9. The summed E-state index contributed by atoms with van der Waals surface area (Å²) < 4.78 is 6.03. The van der Waals surface area contributed by atoms with Gasteiger partial charge >= 0.3 is 0 Å². The molecular formula is C22H29N5OS. The molecule has 0 amide bonds. The topological polar surface area (TPSA) is 53.5 Å². The molecule has 1 aromatic carbocycles. The Morgan fingerprint density at radius 3 is 2.79 bits per heavy atom. The SMILES string of the molecule is CC(Nc1nc(CN(C)C)nc2scc(-c3ccccc3)c12)C1CN(C)CCO1. The third kappa shape index (κ3) is 4.59. The number of hydrogen-bond acceptors (Lipinski definition) is 7. The third-order valence-corrected chi connectivity index (χ3v) is 6.11. The number of aromatic nitrogens is 2. The van der Waals surface area contributed by atoms with E-state index in [1.165, 1.54) is 11.1 Å². The summed E-state index contributed by atoms with van der Waals surface area (Å²) in [7, 11) is 6.23. The summed E-state index contributed by atoms with van der Waals surface area (Å²) >= 11 is 1.68. The number of anilines is 1. The molecule has 4 rings (SSSR count). The second kappa shape index (κ2) is 8.75. The van der Waals surface area contributed by atoms with Gasteiger partial charge in [-0.2, -0.15) is 0 Å². The molecule has 29 heavy (non-hydrogen) atoms. The van der Waals surface area contributed by atoms with Crippen molar-refractivity contribution in [3.8, 4) is 11.1 Å². The van der Waals surface area contributed by atoms with Crippen LogP contribution in [0.25, 0.3) is 21.3 Å². The molecule has 3 heterocycles. The van der Waals surface area contributed by atoms with E-state index in [1.54, 1.807) is 11.3 Å². The minimum atomic E-state index is 0.134. The van der Waals surface area contributed by atoms with Gasteiger partial charge in [-0.1, -0.05) is 30.3 Å². The minimum Gasteiger partial charge on any atom is -0.373 e. The van der Waals surface area contributed by atoms with Crippen LogP contribution in [-0.4, -0.2) is 72.8 Å². The summed E-state index contributed by atoms with van der Waals surface area (Å²) in [4.78, 5) is 15.2. The Hall–Kier alpha value is -2.06. The molecular weight excluding hydrogens is 382 g/mol. The molecule has 0 aliphatic carbocycles. The molecule has 6 nitrogen and oxygen atoms in total. The smallest absolute Gasteiger partial charge is 0.146 e. The first kappa shape index (κ1) is 20.2. The van der Waals surface area contributed by atoms with Crippen LogP contribution in [0.15, 0.2) is 35.7 Å². The van der Waals surface area contributed by atoms with Crippen LogP contribution in [0, 0.1) is 0 Å². The number of hydrogen-bond donors (Lipinski definition) is 1. The molecule has 0 radical (unpaired) electrons. The maximum Gasteiger partial charge on any atom is 0.146 e. The van der Waals surface area contributed by atoms with E-state index < -0.39 is 0 Å². The summed E-state index contributed by atoms with van der Waals surface area (Å²) in [5.41, 5.74) is 2.37. The number of rotatable bonds is 6. The summed E-state index contributed by atoms with van der Waals surface area (Å²) in [5, 5.41) is 6.96. The molecule has 1 aliphatic rings. The third-order valence-electron chi connectivity index (χ3n) is 5.24. The lowest BCUT2D eigenvalue weighted by Crippen LogP contribution is -2.47. The molecule has 1 N–H and O–H groups in total. The average Bonchev–Trinajstić information content (AvgIpc) is 3.12. The molecule has 1 fully saturated rings.